The van der Waals surface area contributed by atoms with Crippen molar-refractivity contribution in [2.75, 3.05) is 13.1 Å². The Balaban J connectivity index is 1.81. The number of hydrogen-bond donors (Lipinski definition) is 4. The Morgan fingerprint density at radius 3 is 2.64 bits per heavy atom. The number of rotatable bonds is 11. The summed E-state index contributed by atoms with van der Waals surface area (Å²) in [5.74, 6) is -1.85. The van der Waals surface area contributed by atoms with Crippen LogP contribution in [0, 0.1) is 0 Å². The van der Waals surface area contributed by atoms with Gasteiger partial charge in [0.1, 0.15) is 18.9 Å². The lowest BCUT2D eigenvalue weighted by molar-refractivity contribution is -0.134. The molecule has 1 aromatic rings. The van der Waals surface area contributed by atoms with Gasteiger partial charge in [0.05, 0.1) is 12.6 Å². The monoisotopic (exact) mass is 460 g/mol. The number of carbonyl (C=O) groups excluding carboxylic acids is 5. The van der Waals surface area contributed by atoms with Crippen LogP contribution in [0.3, 0.4) is 0 Å². The highest BCUT2D eigenvalue weighted by Crippen LogP contribution is 2.20. The molecule has 0 bridgehead atoms. The Morgan fingerprint density at radius 2 is 1.97 bits per heavy atom. The molecule has 12 nitrogen and oxygen atoms in total. The summed E-state index contributed by atoms with van der Waals surface area (Å²) in [6, 6.07) is 7.06. The van der Waals surface area contributed by atoms with E-state index in [1.807, 2.05) is 6.07 Å². The number of guanidine groups is 1. The number of imide groups is 1. The molecule has 4 amide bonds. The molecular formula is C21H28N6O6. The lowest BCUT2D eigenvalue weighted by atomic mass is 10.1. The first-order valence-electron chi connectivity index (χ1n) is 10.4. The SMILES string of the molecule is NC(N)=NCCC[C@@H](C=O)NC(=O)CNC(=O)[C@@H]1CCC(=O)N1C(=O)OCc1ccccc1. The first kappa shape index (κ1) is 25.3. The van der Waals surface area contributed by atoms with Crippen LogP contribution in [0.1, 0.15) is 31.2 Å². The van der Waals surface area contributed by atoms with E-state index in [1.165, 1.54) is 0 Å². The predicted octanol–water partition coefficient (Wildman–Crippen LogP) is -0.832. The van der Waals surface area contributed by atoms with Crippen LogP contribution in [-0.4, -0.2) is 66.1 Å². The Hall–Kier alpha value is -3.96. The highest BCUT2D eigenvalue weighted by Gasteiger charge is 2.41. The van der Waals surface area contributed by atoms with Crippen LogP contribution >= 0.6 is 0 Å². The number of amides is 4. The largest absolute Gasteiger partial charge is 0.444 e. The predicted molar refractivity (Wildman–Crippen MR) is 117 cm³/mol. The smallest absolute Gasteiger partial charge is 0.417 e. The lowest BCUT2D eigenvalue weighted by Crippen LogP contribution is -2.50. The Morgan fingerprint density at radius 1 is 1.24 bits per heavy atom. The van der Waals surface area contributed by atoms with Gasteiger partial charge < -0.3 is 31.6 Å². The van der Waals surface area contributed by atoms with Crippen LogP contribution in [0.5, 0.6) is 0 Å². The molecule has 2 rings (SSSR count). The van der Waals surface area contributed by atoms with Gasteiger partial charge in [-0.05, 0) is 24.8 Å². The molecule has 0 radical (unpaired) electrons. The molecule has 1 aromatic carbocycles. The maximum Gasteiger partial charge on any atom is 0.417 e. The van der Waals surface area contributed by atoms with E-state index < -0.39 is 42.4 Å². The highest BCUT2D eigenvalue weighted by atomic mass is 16.6. The van der Waals surface area contributed by atoms with Crippen molar-refractivity contribution in [3.05, 3.63) is 35.9 Å². The van der Waals surface area contributed by atoms with Crippen LogP contribution in [0.4, 0.5) is 4.79 Å². The standard InChI is InChI=1S/C21H28N6O6/c22-20(23)24-10-4-7-15(12-28)26-17(29)11-25-19(31)16-8-9-18(30)27(16)21(32)33-13-14-5-2-1-3-6-14/h1-3,5-6,12,15-16H,4,7-11,13H2,(H,25,31)(H,26,29)(H4,22,23,24)/t15-,16-/m0/s1. The molecule has 1 saturated heterocycles. The molecular weight excluding hydrogens is 432 g/mol. The van der Waals surface area contributed by atoms with E-state index in [4.69, 9.17) is 16.2 Å². The molecule has 0 aromatic heterocycles. The number of benzene rings is 1. The average molecular weight is 460 g/mol. The van der Waals surface area contributed by atoms with Crippen LogP contribution in [0.2, 0.25) is 0 Å². The number of nitrogens with two attached hydrogens (primary N) is 2. The van der Waals surface area contributed by atoms with E-state index in [1.54, 1.807) is 24.3 Å². The fraction of sp³-hybridized carbons (Fsp3) is 0.429. The van der Waals surface area contributed by atoms with Crippen LogP contribution < -0.4 is 22.1 Å². The number of nitrogens with one attached hydrogen (secondary N) is 2. The summed E-state index contributed by atoms with van der Waals surface area (Å²) < 4.78 is 5.16. The Labute approximate surface area is 190 Å². The first-order valence-corrected chi connectivity index (χ1v) is 10.4. The summed E-state index contributed by atoms with van der Waals surface area (Å²) >= 11 is 0. The second kappa shape index (κ2) is 12.8. The van der Waals surface area contributed by atoms with E-state index in [0.29, 0.717) is 25.7 Å². The molecule has 1 aliphatic heterocycles. The highest BCUT2D eigenvalue weighted by molar-refractivity contribution is 6.01. The number of carbonyl (C=O) groups is 5. The molecule has 12 heteroatoms. The third-order valence-corrected chi connectivity index (χ3v) is 4.82. The van der Waals surface area contributed by atoms with Crippen molar-refractivity contribution in [2.45, 2.75) is 44.4 Å². The van der Waals surface area contributed by atoms with Crippen LogP contribution in [-0.2, 0) is 30.5 Å². The molecule has 0 spiro atoms. The molecule has 0 unspecified atom stereocenters. The number of nitrogens with zero attached hydrogens (tertiary/aromatic N) is 2. The first-order chi connectivity index (χ1) is 15.8. The minimum Gasteiger partial charge on any atom is -0.444 e. The van der Waals surface area contributed by atoms with Gasteiger partial charge in [0.2, 0.25) is 17.7 Å². The van der Waals surface area contributed by atoms with E-state index in [2.05, 4.69) is 15.6 Å². The number of hydrogen-bond acceptors (Lipinski definition) is 7. The van der Waals surface area contributed by atoms with E-state index >= 15 is 0 Å². The van der Waals surface area contributed by atoms with Gasteiger partial charge in [-0.3, -0.25) is 19.4 Å². The quantitative estimate of drug-likeness (QED) is 0.142. The second-order valence-electron chi connectivity index (χ2n) is 7.34. The molecule has 1 aliphatic rings. The van der Waals surface area contributed by atoms with E-state index in [-0.39, 0.29) is 25.4 Å². The zero-order chi connectivity index (χ0) is 24.2. The van der Waals surface area contributed by atoms with Gasteiger partial charge in [-0.15, -0.1) is 0 Å². The normalized spacial score (nSPS) is 15.9. The average Bonchev–Trinajstić information content (AvgIpc) is 3.19. The minimum atomic E-state index is -1.07. The molecule has 178 valence electrons. The molecule has 6 N–H and O–H groups in total. The molecule has 33 heavy (non-hydrogen) atoms. The van der Waals surface area contributed by atoms with Gasteiger partial charge in [0, 0.05) is 13.0 Å². The van der Waals surface area contributed by atoms with Crippen LogP contribution in [0.25, 0.3) is 0 Å². The van der Waals surface area contributed by atoms with Crippen molar-refractivity contribution in [3.63, 3.8) is 0 Å². The van der Waals surface area contributed by atoms with Gasteiger partial charge >= 0.3 is 6.09 Å². The Bertz CT molecular complexity index is 886. The minimum absolute atomic E-state index is 0.00767. The third kappa shape index (κ3) is 8.24. The van der Waals surface area contributed by atoms with Crippen molar-refractivity contribution in [2.24, 2.45) is 16.5 Å². The summed E-state index contributed by atoms with van der Waals surface area (Å²) in [7, 11) is 0. The summed E-state index contributed by atoms with van der Waals surface area (Å²) in [6.45, 7) is -0.156. The fourth-order valence-electron chi connectivity index (χ4n) is 3.19. The maximum atomic E-state index is 12.5. The number of aliphatic imine (C=N–C) groups is 1. The molecule has 0 aliphatic carbocycles. The van der Waals surface area contributed by atoms with Crippen molar-refractivity contribution >= 4 is 36.1 Å². The zero-order valence-corrected chi connectivity index (χ0v) is 18.1. The summed E-state index contributed by atoms with van der Waals surface area (Å²) in [5.41, 5.74) is 11.2. The topological polar surface area (TPSA) is 186 Å². The van der Waals surface area contributed by atoms with Gasteiger partial charge in [0.15, 0.2) is 5.96 Å². The Kier molecular flexibility index (Phi) is 9.80. The van der Waals surface area contributed by atoms with Crippen molar-refractivity contribution in [1.82, 2.24) is 15.5 Å². The summed E-state index contributed by atoms with van der Waals surface area (Å²) in [6.07, 6.45) is 0.571. The molecule has 1 heterocycles. The van der Waals surface area contributed by atoms with Gasteiger partial charge in [-0.1, -0.05) is 30.3 Å². The zero-order valence-electron chi connectivity index (χ0n) is 18.1. The number of aldehydes is 1. The van der Waals surface area contributed by atoms with Gasteiger partial charge in [0.25, 0.3) is 0 Å². The summed E-state index contributed by atoms with van der Waals surface area (Å²) in [4.78, 5) is 64.8. The third-order valence-electron chi connectivity index (χ3n) is 4.82. The van der Waals surface area contributed by atoms with Crippen molar-refractivity contribution in [3.8, 4) is 0 Å². The lowest BCUT2D eigenvalue weighted by Gasteiger charge is -2.22. The number of ether oxygens (including phenoxy) is 1. The van der Waals surface area contributed by atoms with Crippen LogP contribution in [0.15, 0.2) is 35.3 Å². The summed E-state index contributed by atoms with van der Waals surface area (Å²) in [5, 5.41) is 4.87. The van der Waals surface area contributed by atoms with Crippen molar-refractivity contribution in [1.29, 1.82) is 0 Å². The van der Waals surface area contributed by atoms with E-state index in [0.717, 1.165) is 10.5 Å². The maximum absolute atomic E-state index is 12.5. The second-order valence-corrected chi connectivity index (χ2v) is 7.34. The molecule has 2 atom stereocenters. The van der Waals surface area contributed by atoms with Gasteiger partial charge in [-0.2, -0.15) is 0 Å². The fourth-order valence-corrected chi connectivity index (χ4v) is 3.19. The van der Waals surface area contributed by atoms with E-state index in [9.17, 15) is 24.0 Å². The number of likely N-dealkylation sites (tertiary alicyclic amines) is 1. The van der Waals surface area contributed by atoms with Gasteiger partial charge in [-0.25, -0.2) is 9.69 Å². The molecule has 0 saturated carbocycles. The van der Waals surface area contributed by atoms with Crippen molar-refractivity contribution < 1.29 is 28.7 Å². The molecule has 1 fully saturated rings.